The van der Waals surface area contributed by atoms with Crippen LogP contribution in [-0.2, 0) is 11.2 Å². The van der Waals surface area contributed by atoms with Crippen molar-refractivity contribution in [1.82, 2.24) is 4.90 Å². The zero-order valence-electron chi connectivity index (χ0n) is 19.7. The van der Waals surface area contributed by atoms with Gasteiger partial charge in [0.05, 0.1) is 0 Å². The van der Waals surface area contributed by atoms with Crippen LogP contribution in [0.5, 0.6) is 0 Å². The second kappa shape index (κ2) is 10.5. The van der Waals surface area contributed by atoms with Crippen molar-refractivity contribution >= 4 is 11.7 Å². The van der Waals surface area contributed by atoms with Gasteiger partial charge in [0.1, 0.15) is 5.78 Å². The van der Waals surface area contributed by atoms with Gasteiger partial charge in [0.2, 0.25) is 0 Å². The van der Waals surface area contributed by atoms with Crippen molar-refractivity contribution in [2.75, 3.05) is 13.1 Å². The van der Waals surface area contributed by atoms with Crippen LogP contribution in [0.3, 0.4) is 0 Å². The smallest absolute Gasteiger partial charge is 0.253 e. The van der Waals surface area contributed by atoms with Gasteiger partial charge in [0.15, 0.2) is 23.3 Å². The van der Waals surface area contributed by atoms with Gasteiger partial charge in [-0.3, -0.25) is 9.59 Å². The lowest BCUT2D eigenvalue weighted by atomic mass is 9.81. The summed E-state index contributed by atoms with van der Waals surface area (Å²) in [5, 5.41) is 0. The highest BCUT2D eigenvalue weighted by atomic mass is 19.2. The lowest BCUT2D eigenvalue weighted by Crippen LogP contribution is -2.34. The average molecular weight is 491 g/mol. The number of carbonyl (C=O) groups excluding carboxylic acids is 2. The van der Waals surface area contributed by atoms with Crippen LogP contribution in [0.4, 0.5) is 17.6 Å². The topological polar surface area (TPSA) is 63.4 Å². The number of fused-ring (bicyclic) bond motifs is 1. The largest absolute Gasteiger partial charge is 0.339 e. The van der Waals surface area contributed by atoms with Gasteiger partial charge in [-0.1, -0.05) is 6.92 Å². The summed E-state index contributed by atoms with van der Waals surface area (Å²) >= 11 is 0. The third-order valence-electron chi connectivity index (χ3n) is 7.70. The van der Waals surface area contributed by atoms with E-state index in [1.165, 1.54) is 18.2 Å². The van der Waals surface area contributed by atoms with Crippen LogP contribution in [0.1, 0.15) is 66.4 Å². The van der Waals surface area contributed by atoms with E-state index in [-0.39, 0.29) is 41.4 Å². The number of hydrogen-bond donors (Lipinski definition) is 1. The van der Waals surface area contributed by atoms with E-state index in [0.717, 1.165) is 24.1 Å². The molecule has 4 rings (SSSR count). The number of Topliss-reactive ketones (excluding diaryl/α,β-unsaturated/α-hetero) is 1. The van der Waals surface area contributed by atoms with Crippen molar-refractivity contribution in [3.8, 4) is 0 Å². The summed E-state index contributed by atoms with van der Waals surface area (Å²) in [6, 6.07) is 5.09. The summed E-state index contributed by atoms with van der Waals surface area (Å²) in [5.41, 5.74) is 7.93. The molecule has 4 unspecified atom stereocenters. The van der Waals surface area contributed by atoms with E-state index >= 15 is 0 Å². The molecule has 1 heterocycles. The molecule has 0 aromatic heterocycles. The maximum Gasteiger partial charge on any atom is 0.253 e. The summed E-state index contributed by atoms with van der Waals surface area (Å²) in [7, 11) is 0. The minimum Gasteiger partial charge on any atom is -0.339 e. The number of hydrogen-bond acceptors (Lipinski definition) is 3. The van der Waals surface area contributed by atoms with Crippen molar-refractivity contribution in [3.05, 3.63) is 70.3 Å². The summed E-state index contributed by atoms with van der Waals surface area (Å²) in [6.45, 7) is 2.78. The molecule has 8 heteroatoms. The number of carbonyl (C=O) groups is 2. The molecular formula is C27H30F4N2O2. The first-order valence-electron chi connectivity index (χ1n) is 12.2. The van der Waals surface area contributed by atoms with Crippen LogP contribution in [0.25, 0.3) is 0 Å². The Morgan fingerprint density at radius 2 is 1.69 bits per heavy atom. The highest BCUT2D eigenvalue weighted by Crippen LogP contribution is 2.38. The Balaban J connectivity index is 1.35. The molecule has 188 valence electrons. The fraction of sp³-hybridized carbons (Fsp3) is 0.481. The van der Waals surface area contributed by atoms with Crippen molar-refractivity contribution in [2.24, 2.45) is 17.6 Å². The summed E-state index contributed by atoms with van der Waals surface area (Å²) in [5.74, 6) is -4.53. The molecule has 0 radical (unpaired) electrons. The SMILES string of the molecule is CC(C(=O)CC(N)C1CCc2cc(F)c(F)cc21)C1CCCN(C(=O)c2ccc(F)c(F)c2)CC1. The number of benzene rings is 2. The molecule has 0 saturated carbocycles. The molecule has 0 bridgehead atoms. The van der Waals surface area contributed by atoms with Crippen molar-refractivity contribution in [2.45, 2.75) is 57.4 Å². The lowest BCUT2D eigenvalue weighted by molar-refractivity contribution is -0.124. The molecule has 1 fully saturated rings. The van der Waals surface area contributed by atoms with Gasteiger partial charge in [-0.05, 0) is 79.5 Å². The minimum absolute atomic E-state index is 0.0268. The fourth-order valence-corrected chi connectivity index (χ4v) is 5.54. The molecule has 1 aliphatic carbocycles. The van der Waals surface area contributed by atoms with Crippen LogP contribution < -0.4 is 5.73 Å². The fourth-order valence-electron chi connectivity index (χ4n) is 5.54. The van der Waals surface area contributed by atoms with Crippen molar-refractivity contribution < 1.29 is 27.2 Å². The Bertz CT molecular complexity index is 1120. The van der Waals surface area contributed by atoms with Crippen LogP contribution in [-0.4, -0.2) is 35.7 Å². The van der Waals surface area contributed by atoms with Crippen molar-refractivity contribution in [1.29, 1.82) is 0 Å². The van der Waals surface area contributed by atoms with E-state index in [2.05, 4.69) is 0 Å². The first-order chi connectivity index (χ1) is 16.7. The van der Waals surface area contributed by atoms with Gasteiger partial charge >= 0.3 is 0 Å². The van der Waals surface area contributed by atoms with Crippen LogP contribution in [0.15, 0.2) is 30.3 Å². The van der Waals surface area contributed by atoms with Gasteiger partial charge in [0, 0.05) is 43.0 Å². The molecule has 4 atom stereocenters. The third kappa shape index (κ3) is 5.42. The maximum atomic E-state index is 13.8. The molecule has 2 N–H and O–H groups in total. The zero-order valence-corrected chi connectivity index (χ0v) is 19.7. The highest BCUT2D eigenvalue weighted by molar-refractivity contribution is 5.94. The quantitative estimate of drug-likeness (QED) is 0.571. The molecule has 0 spiro atoms. The number of likely N-dealkylation sites (tertiary alicyclic amines) is 1. The van der Waals surface area contributed by atoms with Crippen LogP contribution in [0.2, 0.25) is 0 Å². The van der Waals surface area contributed by atoms with E-state index in [0.29, 0.717) is 44.3 Å². The van der Waals surface area contributed by atoms with E-state index in [1.807, 2.05) is 6.92 Å². The monoisotopic (exact) mass is 490 g/mol. The predicted octanol–water partition coefficient (Wildman–Crippen LogP) is 5.14. The highest BCUT2D eigenvalue weighted by Gasteiger charge is 2.33. The van der Waals surface area contributed by atoms with E-state index < -0.39 is 29.3 Å². The minimum atomic E-state index is -1.06. The molecule has 1 aliphatic heterocycles. The average Bonchev–Trinajstić information content (AvgIpc) is 3.07. The Labute approximate surface area is 202 Å². The normalized spacial score (nSPS) is 21.8. The Morgan fingerprint density at radius 3 is 2.43 bits per heavy atom. The molecule has 2 aliphatic rings. The molecule has 4 nitrogen and oxygen atoms in total. The number of halogens is 4. The van der Waals surface area contributed by atoms with Gasteiger partial charge < -0.3 is 10.6 Å². The number of rotatable bonds is 6. The van der Waals surface area contributed by atoms with Crippen LogP contribution >= 0.6 is 0 Å². The van der Waals surface area contributed by atoms with Crippen molar-refractivity contribution in [3.63, 3.8) is 0 Å². The second-order valence-electron chi connectivity index (χ2n) is 9.85. The van der Waals surface area contributed by atoms with E-state index in [1.54, 1.807) is 4.90 Å². The Kier molecular flexibility index (Phi) is 7.59. The van der Waals surface area contributed by atoms with E-state index in [4.69, 9.17) is 5.73 Å². The molecule has 1 amide bonds. The maximum absolute atomic E-state index is 13.8. The number of aryl methyl sites for hydroxylation is 1. The second-order valence-corrected chi connectivity index (χ2v) is 9.85. The summed E-state index contributed by atoms with van der Waals surface area (Å²) in [4.78, 5) is 27.5. The van der Waals surface area contributed by atoms with E-state index in [9.17, 15) is 27.2 Å². The first kappa shape index (κ1) is 25.4. The lowest BCUT2D eigenvalue weighted by Gasteiger charge is -2.25. The number of amides is 1. The number of ketones is 1. The van der Waals surface area contributed by atoms with Crippen LogP contribution in [0, 0.1) is 35.1 Å². The number of nitrogens with zero attached hydrogens (tertiary/aromatic N) is 1. The standard InChI is InChI=1S/C27H30F4N2O2/c1-15(26(34)14-25(32)19-6-4-17-11-23(30)24(31)13-20(17)19)16-3-2-9-33(10-8-16)27(35)18-5-7-21(28)22(29)12-18/h5,7,11-13,15-16,19,25H,2-4,6,8-10,14,32H2,1H3. The predicted molar refractivity (Wildman–Crippen MR) is 124 cm³/mol. The number of nitrogens with two attached hydrogens (primary N) is 1. The molecule has 2 aromatic carbocycles. The Morgan fingerprint density at radius 1 is 0.971 bits per heavy atom. The molecule has 2 aromatic rings. The first-order valence-corrected chi connectivity index (χ1v) is 12.2. The van der Waals surface area contributed by atoms with Gasteiger partial charge in [0.25, 0.3) is 5.91 Å². The Hall–Kier alpha value is -2.74. The molecular weight excluding hydrogens is 460 g/mol. The third-order valence-corrected chi connectivity index (χ3v) is 7.70. The van der Waals surface area contributed by atoms with Gasteiger partial charge in [-0.25, -0.2) is 17.6 Å². The zero-order chi connectivity index (χ0) is 25.3. The summed E-state index contributed by atoms with van der Waals surface area (Å²) in [6.07, 6.45) is 3.50. The summed E-state index contributed by atoms with van der Waals surface area (Å²) < 4.78 is 54.1. The molecule has 35 heavy (non-hydrogen) atoms. The van der Waals surface area contributed by atoms with Gasteiger partial charge in [-0.15, -0.1) is 0 Å². The molecule has 1 saturated heterocycles. The van der Waals surface area contributed by atoms with Gasteiger partial charge in [-0.2, -0.15) is 0 Å².